The minimum atomic E-state index is -0.685. The second-order valence-corrected chi connectivity index (χ2v) is 7.74. The van der Waals surface area contributed by atoms with Crippen LogP contribution in [0.4, 0.5) is 4.79 Å². The molecule has 0 N–H and O–H groups in total. The summed E-state index contributed by atoms with van der Waals surface area (Å²) in [5.41, 5.74) is -0.580. The van der Waals surface area contributed by atoms with Crippen LogP contribution in [0.1, 0.15) is 60.8 Å². The molecule has 4 atom stereocenters. The lowest BCUT2D eigenvalue weighted by molar-refractivity contribution is -0.166. The third-order valence-corrected chi connectivity index (χ3v) is 4.13. The molecule has 0 aromatic rings. The number of rotatable bonds is 3. The van der Waals surface area contributed by atoms with E-state index in [1.54, 1.807) is 4.90 Å². The molecule has 0 aromatic heterocycles. The van der Waals surface area contributed by atoms with Crippen LogP contribution in [-0.2, 0) is 14.2 Å². The molecular formula is C17H28N2O4. The molecule has 0 spiro atoms. The van der Waals surface area contributed by atoms with Gasteiger partial charge in [-0.3, -0.25) is 4.90 Å². The van der Waals surface area contributed by atoms with Gasteiger partial charge in [0, 0.05) is 0 Å². The Kier molecular flexibility index (Phi) is 4.93. The molecule has 0 saturated carbocycles. The van der Waals surface area contributed by atoms with Gasteiger partial charge in [-0.05, 0) is 41.0 Å². The van der Waals surface area contributed by atoms with Gasteiger partial charge in [0.15, 0.2) is 5.79 Å². The van der Waals surface area contributed by atoms with Gasteiger partial charge < -0.3 is 14.2 Å². The Labute approximate surface area is 138 Å². The zero-order chi connectivity index (χ0) is 17.4. The number of carbonyl (C=O) groups is 1. The topological polar surface area (TPSA) is 71.8 Å². The maximum atomic E-state index is 12.7. The minimum Gasteiger partial charge on any atom is -0.444 e. The van der Waals surface area contributed by atoms with Crippen molar-refractivity contribution in [3.05, 3.63) is 0 Å². The van der Waals surface area contributed by atoms with Crippen molar-refractivity contribution in [3.8, 4) is 6.07 Å². The van der Waals surface area contributed by atoms with Gasteiger partial charge in [-0.1, -0.05) is 13.3 Å². The first-order valence-electron chi connectivity index (χ1n) is 8.33. The molecule has 2 aliphatic rings. The van der Waals surface area contributed by atoms with E-state index >= 15 is 0 Å². The number of hydrogen-bond donors (Lipinski definition) is 0. The molecule has 4 unspecified atom stereocenters. The van der Waals surface area contributed by atoms with E-state index in [1.165, 1.54) is 0 Å². The van der Waals surface area contributed by atoms with Crippen molar-refractivity contribution >= 4 is 6.09 Å². The monoisotopic (exact) mass is 324 g/mol. The summed E-state index contributed by atoms with van der Waals surface area (Å²) in [4.78, 5) is 14.4. The van der Waals surface area contributed by atoms with Gasteiger partial charge in [0.25, 0.3) is 0 Å². The molecule has 2 aliphatic heterocycles. The van der Waals surface area contributed by atoms with E-state index in [1.807, 2.05) is 34.6 Å². The van der Waals surface area contributed by atoms with Crippen LogP contribution in [0.5, 0.6) is 0 Å². The van der Waals surface area contributed by atoms with Gasteiger partial charge in [0.1, 0.15) is 17.8 Å². The Morgan fingerprint density at radius 2 is 1.83 bits per heavy atom. The van der Waals surface area contributed by atoms with Gasteiger partial charge in [0.05, 0.1) is 24.6 Å². The molecule has 1 amide bonds. The van der Waals surface area contributed by atoms with Crippen molar-refractivity contribution in [2.24, 2.45) is 0 Å². The van der Waals surface area contributed by atoms with Crippen molar-refractivity contribution in [2.75, 3.05) is 0 Å². The van der Waals surface area contributed by atoms with Crippen molar-refractivity contribution < 1.29 is 19.0 Å². The fourth-order valence-electron chi connectivity index (χ4n) is 3.47. The second-order valence-electron chi connectivity index (χ2n) is 7.74. The van der Waals surface area contributed by atoms with Crippen LogP contribution >= 0.6 is 0 Å². The molecule has 2 heterocycles. The Hall–Kier alpha value is -1.32. The van der Waals surface area contributed by atoms with Gasteiger partial charge in [-0.2, -0.15) is 5.26 Å². The molecule has 0 aromatic carbocycles. The normalized spacial score (nSPS) is 32.5. The number of nitriles is 1. The maximum Gasteiger partial charge on any atom is 0.411 e. The number of carbonyl (C=O) groups excluding carboxylic acids is 1. The molecule has 0 bridgehead atoms. The smallest absolute Gasteiger partial charge is 0.411 e. The summed E-state index contributed by atoms with van der Waals surface area (Å²) < 4.78 is 17.6. The molecule has 2 fully saturated rings. The number of fused-ring (bicyclic) bond motifs is 1. The minimum absolute atomic E-state index is 0.125. The number of likely N-dealkylation sites (tertiary alicyclic amines) is 1. The Balaban J connectivity index is 2.30. The van der Waals surface area contributed by atoms with Crippen molar-refractivity contribution in [2.45, 2.75) is 96.5 Å². The lowest BCUT2D eigenvalue weighted by Gasteiger charge is -2.34. The second kappa shape index (κ2) is 6.29. The van der Waals surface area contributed by atoms with Crippen LogP contribution in [0.25, 0.3) is 0 Å². The Morgan fingerprint density at radius 1 is 1.26 bits per heavy atom. The molecule has 23 heavy (non-hydrogen) atoms. The summed E-state index contributed by atoms with van der Waals surface area (Å²) in [6.07, 6.45) is 1.03. The third-order valence-electron chi connectivity index (χ3n) is 4.13. The fraction of sp³-hybridized carbons (Fsp3) is 0.882. The van der Waals surface area contributed by atoms with Crippen LogP contribution in [0, 0.1) is 11.3 Å². The summed E-state index contributed by atoms with van der Waals surface area (Å²) in [7, 11) is 0. The first kappa shape index (κ1) is 18.0. The lowest BCUT2D eigenvalue weighted by atomic mass is 10.0. The van der Waals surface area contributed by atoms with Gasteiger partial charge in [-0.15, -0.1) is 0 Å². The lowest BCUT2D eigenvalue weighted by Crippen LogP contribution is -2.48. The zero-order valence-electron chi connectivity index (χ0n) is 15.0. The van der Waals surface area contributed by atoms with E-state index in [9.17, 15) is 10.1 Å². The molecule has 0 aliphatic carbocycles. The standard InChI is InChI=1S/C17H28N2O4/c1-7-8-11-13-14(22-17(5,6)21-13)12(9-10-18)19(11)15(20)23-16(2,3)4/h11-14H,7-9H2,1-6H3. The van der Waals surface area contributed by atoms with E-state index < -0.39 is 17.5 Å². The molecule has 0 radical (unpaired) electrons. The van der Waals surface area contributed by atoms with Crippen molar-refractivity contribution in [1.29, 1.82) is 5.26 Å². The van der Waals surface area contributed by atoms with E-state index in [2.05, 4.69) is 13.0 Å². The molecule has 2 rings (SSSR count). The van der Waals surface area contributed by atoms with Crippen LogP contribution in [0.2, 0.25) is 0 Å². The molecular weight excluding hydrogens is 296 g/mol. The van der Waals surface area contributed by atoms with Gasteiger partial charge in [0.2, 0.25) is 0 Å². The maximum absolute atomic E-state index is 12.7. The van der Waals surface area contributed by atoms with Crippen molar-refractivity contribution in [3.63, 3.8) is 0 Å². The zero-order valence-corrected chi connectivity index (χ0v) is 15.0. The highest BCUT2D eigenvalue weighted by molar-refractivity contribution is 5.70. The van der Waals surface area contributed by atoms with Crippen LogP contribution in [0.15, 0.2) is 0 Å². The SMILES string of the molecule is CCCC1C2OC(C)(C)OC2C(CC#N)N1C(=O)OC(C)(C)C. The molecule has 130 valence electrons. The van der Waals surface area contributed by atoms with E-state index in [0.717, 1.165) is 12.8 Å². The van der Waals surface area contributed by atoms with Crippen LogP contribution < -0.4 is 0 Å². The molecule has 6 heteroatoms. The van der Waals surface area contributed by atoms with Crippen LogP contribution in [-0.4, -0.2) is 46.7 Å². The predicted molar refractivity (Wildman–Crippen MR) is 84.6 cm³/mol. The Morgan fingerprint density at radius 3 is 2.30 bits per heavy atom. The highest BCUT2D eigenvalue weighted by Crippen LogP contribution is 2.43. The summed E-state index contributed by atoms with van der Waals surface area (Å²) >= 11 is 0. The summed E-state index contributed by atoms with van der Waals surface area (Å²) in [6.45, 7) is 11.3. The van der Waals surface area contributed by atoms with Gasteiger partial charge >= 0.3 is 6.09 Å². The number of amides is 1. The van der Waals surface area contributed by atoms with Crippen molar-refractivity contribution in [1.82, 2.24) is 4.90 Å². The number of hydrogen-bond acceptors (Lipinski definition) is 5. The van der Waals surface area contributed by atoms with Gasteiger partial charge in [-0.25, -0.2) is 4.79 Å². The summed E-state index contributed by atoms with van der Waals surface area (Å²) in [5, 5.41) is 9.20. The third kappa shape index (κ3) is 3.78. The summed E-state index contributed by atoms with van der Waals surface area (Å²) in [6, 6.07) is 1.71. The first-order valence-corrected chi connectivity index (χ1v) is 8.33. The quantitative estimate of drug-likeness (QED) is 0.797. The average Bonchev–Trinajstić information content (AvgIpc) is 2.82. The summed E-state index contributed by atoms with van der Waals surface area (Å²) in [5.74, 6) is -0.685. The number of nitrogens with zero attached hydrogens (tertiary/aromatic N) is 2. The molecule has 2 saturated heterocycles. The Bertz CT molecular complexity index is 492. The highest BCUT2D eigenvalue weighted by Gasteiger charge is 2.59. The van der Waals surface area contributed by atoms with E-state index in [-0.39, 0.29) is 30.7 Å². The largest absolute Gasteiger partial charge is 0.444 e. The number of ether oxygens (including phenoxy) is 3. The predicted octanol–water partition coefficient (Wildman–Crippen LogP) is 3.21. The fourth-order valence-corrected chi connectivity index (χ4v) is 3.47. The van der Waals surface area contributed by atoms with Crippen LogP contribution in [0.3, 0.4) is 0 Å². The highest BCUT2D eigenvalue weighted by atomic mass is 16.8. The first-order chi connectivity index (χ1) is 10.6. The van der Waals surface area contributed by atoms with E-state index in [4.69, 9.17) is 14.2 Å². The molecule has 6 nitrogen and oxygen atoms in total. The average molecular weight is 324 g/mol. The van der Waals surface area contributed by atoms with E-state index in [0.29, 0.717) is 0 Å².